The fourth-order valence-corrected chi connectivity index (χ4v) is 3.78. The molecule has 0 unspecified atom stereocenters. The summed E-state index contributed by atoms with van der Waals surface area (Å²) in [4.78, 5) is 4.46. The van der Waals surface area contributed by atoms with Gasteiger partial charge in [0.1, 0.15) is 5.82 Å². The molecule has 2 heterocycles. The number of aliphatic hydroxyl groups excluding tert-OH is 1. The number of nitrogens with zero attached hydrogens (tertiary/aromatic N) is 6. The Bertz CT molecular complexity index is 1110. The van der Waals surface area contributed by atoms with Gasteiger partial charge in [0.25, 0.3) is 0 Å². The molecule has 0 spiro atoms. The van der Waals surface area contributed by atoms with Crippen molar-refractivity contribution in [1.29, 1.82) is 0 Å². The van der Waals surface area contributed by atoms with Crippen LogP contribution in [0.3, 0.4) is 0 Å². The summed E-state index contributed by atoms with van der Waals surface area (Å²) in [6.07, 6.45) is 2.94. The van der Waals surface area contributed by atoms with Crippen LogP contribution in [0, 0.1) is 0 Å². The van der Waals surface area contributed by atoms with Crippen molar-refractivity contribution in [2.24, 2.45) is 0 Å². The third-order valence-corrected chi connectivity index (χ3v) is 5.40. The number of aliphatic hydroxyl groups is 1. The maximum absolute atomic E-state index is 9.76. The maximum Gasteiger partial charge on any atom is 1.00 e. The minimum atomic E-state index is -0.134. The molecule has 0 atom stereocenters. The molecule has 1 N–H and O–H groups in total. The second-order valence-corrected chi connectivity index (χ2v) is 7.42. The zero-order valence-corrected chi connectivity index (χ0v) is 18.4. The number of hydrogen-bond donors (Lipinski definition) is 1. The van der Waals surface area contributed by atoms with E-state index in [9.17, 15) is 5.11 Å². The van der Waals surface area contributed by atoms with Gasteiger partial charge in [-0.25, -0.2) is 4.98 Å². The minimum absolute atomic E-state index is 0. The second kappa shape index (κ2) is 10.7. The van der Waals surface area contributed by atoms with Crippen molar-refractivity contribution in [3.8, 4) is 22.5 Å². The molecule has 2 aromatic carbocycles. The van der Waals surface area contributed by atoms with Crippen LogP contribution in [0.5, 0.6) is 0 Å². The predicted octanol–water partition coefficient (Wildman–Crippen LogP) is 0.900. The fourth-order valence-electron chi connectivity index (χ4n) is 3.52. The molecule has 0 saturated carbocycles. The van der Waals surface area contributed by atoms with Gasteiger partial charge in [-0.3, -0.25) is 10.3 Å². The summed E-state index contributed by atoms with van der Waals surface area (Å²) < 4.78 is 2.02. The van der Waals surface area contributed by atoms with Gasteiger partial charge in [-0.05, 0) is 28.7 Å². The van der Waals surface area contributed by atoms with E-state index in [-0.39, 0.29) is 25.5 Å². The number of imidazole rings is 1. The number of tetrazole rings is 1. The molecule has 0 saturated heterocycles. The zero-order valence-electron chi connectivity index (χ0n) is 17.7. The van der Waals surface area contributed by atoms with E-state index in [0.29, 0.717) is 23.2 Å². The number of unbranched alkanes of at least 4 members (excludes halogenated alkanes) is 1. The van der Waals surface area contributed by atoms with E-state index in [1.165, 1.54) is 0 Å². The number of halogens is 1. The first-order chi connectivity index (χ1) is 14.7. The molecule has 4 rings (SSSR count). The Hall–Kier alpha value is -2.43. The molecule has 31 heavy (non-hydrogen) atoms. The van der Waals surface area contributed by atoms with E-state index in [2.05, 4.69) is 56.8 Å². The van der Waals surface area contributed by atoms with Gasteiger partial charge in [0.2, 0.25) is 0 Å². The SMILES string of the molecule is CCCCc1nc(Cl)c(CO)n1Cc1ccc(-c2ccccc2-c2nnn[n-]2)cc1.[Li+]. The second-order valence-electron chi connectivity index (χ2n) is 7.06. The Morgan fingerprint density at radius 3 is 2.45 bits per heavy atom. The average Bonchev–Trinajstić information content (AvgIpc) is 3.41. The first-order valence-electron chi connectivity index (χ1n) is 9.93. The quantitative estimate of drug-likeness (QED) is 0.419. The van der Waals surface area contributed by atoms with Gasteiger partial charge in [-0.15, -0.1) is 0 Å². The first kappa shape index (κ1) is 23.2. The van der Waals surface area contributed by atoms with Crippen molar-refractivity contribution in [3.05, 3.63) is 70.8 Å². The molecule has 7 nitrogen and oxygen atoms in total. The molecular weight excluding hydrogens is 407 g/mol. The molecule has 4 aromatic rings. The number of hydrogen-bond acceptors (Lipinski definition) is 5. The smallest absolute Gasteiger partial charge is 0.390 e. The fraction of sp³-hybridized carbons (Fsp3) is 0.273. The van der Waals surface area contributed by atoms with Crippen LogP contribution in [0.1, 0.15) is 36.8 Å². The third kappa shape index (κ3) is 5.08. The summed E-state index contributed by atoms with van der Waals surface area (Å²) in [5.41, 5.74) is 4.72. The predicted molar refractivity (Wildman–Crippen MR) is 115 cm³/mol. The Kier molecular flexibility index (Phi) is 8.05. The zero-order chi connectivity index (χ0) is 20.9. The molecule has 154 valence electrons. The van der Waals surface area contributed by atoms with E-state index >= 15 is 0 Å². The molecular formula is C22H22ClLiN6O. The summed E-state index contributed by atoms with van der Waals surface area (Å²) in [7, 11) is 0. The molecule has 0 aliphatic carbocycles. The van der Waals surface area contributed by atoms with Gasteiger partial charge in [0, 0.05) is 18.8 Å². The first-order valence-corrected chi connectivity index (χ1v) is 10.3. The van der Waals surface area contributed by atoms with Gasteiger partial charge in [-0.2, -0.15) is 5.21 Å². The van der Waals surface area contributed by atoms with Crippen molar-refractivity contribution in [2.45, 2.75) is 39.3 Å². The molecule has 0 bridgehead atoms. The Morgan fingerprint density at radius 1 is 1.06 bits per heavy atom. The molecule has 0 aliphatic rings. The molecule has 9 heteroatoms. The van der Waals surface area contributed by atoms with Crippen LogP contribution in [-0.2, 0) is 19.6 Å². The average molecular weight is 429 g/mol. The van der Waals surface area contributed by atoms with Crippen LogP contribution < -0.4 is 24.0 Å². The molecule has 0 radical (unpaired) electrons. The van der Waals surface area contributed by atoms with E-state index in [1.54, 1.807) is 0 Å². The number of aryl methyl sites for hydroxylation is 1. The van der Waals surface area contributed by atoms with E-state index in [4.69, 9.17) is 11.6 Å². The van der Waals surface area contributed by atoms with Crippen LogP contribution in [-0.4, -0.2) is 30.2 Å². The van der Waals surface area contributed by atoms with Crippen LogP contribution in [0.4, 0.5) is 0 Å². The summed E-state index contributed by atoms with van der Waals surface area (Å²) >= 11 is 6.25. The number of benzene rings is 2. The van der Waals surface area contributed by atoms with Crippen LogP contribution in [0.2, 0.25) is 5.15 Å². The van der Waals surface area contributed by atoms with Gasteiger partial charge in [0.05, 0.1) is 12.3 Å². The van der Waals surface area contributed by atoms with Crippen molar-refractivity contribution < 1.29 is 24.0 Å². The summed E-state index contributed by atoms with van der Waals surface area (Å²) in [5, 5.41) is 25.3. The molecule has 0 fully saturated rings. The van der Waals surface area contributed by atoms with E-state index in [0.717, 1.165) is 47.3 Å². The largest absolute Gasteiger partial charge is 1.00 e. The van der Waals surface area contributed by atoms with Crippen molar-refractivity contribution in [2.75, 3.05) is 0 Å². The van der Waals surface area contributed by atoms with Crippen LogP contribution in [0.15, 0.2) is 48.5 Å². The van der Waals surface area contributed by atoms with Crippen LogP contribution >= 0.6 is 11.6 Å². The summed E-state index contributed by atoms with van der Waals surface area (Å²) in [5.74, 6) is 1.42. The normalized spacial score (nSPS) is 10.8. The van der Waals surface area contributed by atoms with E-state index < -0.39 is 0 Å². The third-order valence-electron chi connectivity index (χ3n) is 5.10. The minimum Gasteiger partial charge on any atom is -0.390 e. The molecule has 2 aromatic heterocycles. The topological polar surface area (TPSA) is 90.8 Å². The Balaban J connectivity index is 0.00000272. The van der Waals surface area contributed by atoms with Gasteiger partial charge < -0.3 is 14.8 Å². The maximum atomic E-state index is 9.76. The Labute approximate surface area is 198 Å². The van der Waals surface area contributed by atoms with Crippen molar-refractivity contribution in [1.82, 2.24) is 30.2 Å². The summed E-state index contributed by atoms with van der Waals surface area (Å²) in [6.45, 7) is 2.62. The van der Waals surface area contributed by atoms with E-state index in [1.807, 2.05) is 28.8 Å². The van der Waals surface area contributed by atoms with Crippen molar-refractivity contribution in [3.63, 3.8) is 0 Å². The molecule has 0 amide bonds. The number of rotatable bonds is 8. The van der Waals surface area contributed by atoms with Crippen molar-refractivity contribution >= 4 is 11.6 Å². The summed E-state index contributed by atoms with van der Waals surface area (Å²) in [6, 6.07) is 16.2. The standard InChI is InChI=1S/C22H22ClN6O.Li/c1-2-3-8-20-24-21(23)19(14-30)29(20)13-15-9-11-16(12-10-15)17-6-4-5-7-18(17)22-25-27-28-26-22;/h4-7,9-12,30H,2-3,8,13-14H2,1H3;/q-1;+1. The van der Waals surface area contributed by atoms with Gasteiger partial charge >= 0.3 is 18.9 Å². The molecule has 0 aliphatic heterocycles. The van der Waals surface area contributed by atoms with Crippen LogP contribution in [0.25, 0.3) is 22.5 Å². The monoisotopic (exact) mass is 428 g/mol. The number of aromatic nitrogens is 6. The Morgan fingerprint density at radius 2 is 1.81 bits per heavy atom. The van der Waals surface area contributed by atoms with Gasteiger partial charge in [0.15, 0.2) is 5.15 Å². The van der Waals surface area contributed by atoms with Gasteiger partial charge in [-0.1, -0.05) is 73.5 Å².